The van der Waals surface area contributed by atoms with Crippen molar-refractivity contribution in [3.05, 3.63) is 35.6 Å². The Hall–Kier alpha value is -1.44. The average molecular weight is 237 g/mol. The summed E-state index contributed by atoms with van der Waals surface area (Å²) in [7, 11) is 0. The van der Waals surface area contributed by atoms with Gasteiger partial charge < -0.3 is 4.52 Å². The van der Waals surface area contributed by atoms with Gasteiger partial charge in [-0.05, 0) is 23.9 Å². The van der Waals surface area contributed by atoms with Gasteiger partial charge in [-0.15, -0.1) is 0 Å². The van der Waals surface area contributed by atoms with Crippen molar-refractivity contribution in [1.82, 2.24) is 5.16 Å². The summed E-state index contributed by atoms with van der Waals surface area (Å²) in [6.45, 7) is 0. The number of nitriles is 1. The van der Waals surface area contributed by atoms with E-state index >= 15 is 0 Å². The molecule has 0 amide bonds. The first kappa shape index (κ1) is 10.1. The molecule has 0 saturated carbocycles. The number of hydrogen-bond acceptors (Lipinski definition) is 4. The van der Waals surface area contributed by atoms with Crippen molar-refractivity contribution in [2.45, 2.75) is 4.90 Å². The molecule has 15 heavy (non-hydrogen) atoms. The monoisotopic (exact) mass is 236 g/mol. The van der Waals surface area contributed by atoms with Crippen LogP contribution in [0.2, 0.25) is 5.02 Å². The molecule has 3 nitrogen and oxygen atoms in total. The summed E-state index contributed by atoms with van der Waals surface area (Å²) >= 11 is 6.88. The molecule has 0 saturated heterocycles. The molecule has 0 radical (unpaired) electrons. The summed E-state index contributed by atoms with van der Waals surface area (Å²) in [6.07, 6.45) is 1.45. The van der Waals surface area contributed by atoms with Crippen molar-refractivity contribution in [2.75, 3.05) is 0 Å². The fourth-order valence-electron chi connectivity index (χ4n) is 1.18. The summed E-state index contributed by atoms with van der Waals surface area (Å²) in [5.41, 5.74) is 1.48. The van der Waals surface area contributed by atoms with Crippen molar-refractivity contribution in [2.24, 2.45) is 0 Å². The van der Waals surface area contributed by atoms with E-state index in [1.807, 2.05) is 17.5 Å². The van der Waals surface area contributed by atoms with E-state index in [1.54, 1.807) is 12.1 Å². The van der Waals surface area contributed by atoms with Crippen LogP contribution in [0, 0.1) is 10.7 Å². The minimum atomic E-state index is 0.628. The minimum Gasteiger partial charge on any atom is -0.363 e. The van der Waals surface area contributed by atoms with Crippen LogP contribution in [0.4, 0.5) is 0 Å². The lowest BCUT2D eigenvalue weighted by molar-refractivity contribution is 0.420. The smallest absolute Gasteiger partial charge is 0.139 e. The lowest BCUT2D eigenvalue weighted by Crippen LogP contribution is -1.79. The normalized spacial score (nSPS) is 9.87. The standard InChI is InChI=1S/C10H5ClN2OS/c11-8-3-1-2-7(4-8)10-9(15-6-12)5-14-13-10/h1-5H. The topological polar surface area (TPSA) is 49.8 Å². The summed E-state index contributed by atoms with van der Waals surface area (Å²) in [4.78, 5) is 0.694. The molecule has 1 aromatic heterocycles. The van der Waals surface area contributed by atoms with Gasteiger partial charge in [0.15, 0.2) is 0 Å². The van der Waals surface area contributed by atoms with Gasteiger partial charge in [0.1, 0.15) is 17.4 Å². The van der Waals surface area contributed by atoms with Crippen molar-refractivity contribution < 1.29 is 4.52 Å². The largest absolute Gasteiger partial charge is 0.363 e. The molecule has 0 aliphatic heterocycles. The summed E-state index contributed by atoms with van der Waals surface area (Å²) in [6, 6.07) is 7.25. The third kappa shape index (κ3) is 2.14. The van der Waals surface area contributed by atoms with Crippen LogP contribution in [0.25, 0.3) is 11.3 Å². The second kappa shape index (κ2) is 4.39. The molecule has 0 unspecified atom stereocenters. The van der Waals surface area contributed by atoms with Gasteiger partial charge in [0.2, 0.25) is 0 Å². The van der Waals surface area contributed by atoms with E-state index < -0.39 is 0 Å². The zero-order valence-electron chi connectivity index (χ0n) is 7.48. The zero-order valence-corrected chi connectivity index (χ0v) is 9.05. The number of nitrogens with zero attached hydrogens (tertiary/aromatic N) is 2. The number of hydrogen-bond donors (Lipinski definition) is 0. The van der Waals surface area contributed by atoms with Gasteiger partial charge in [-0.25, -0.2) is 0 Å². The number of thiocyanates is 1. The number of benzene rings is 1. The quantitative estimate of drug-likeness (QED) is 0.591. The number of aromatic nitrogens is 1. The predicted octanol–water partition coefficient (Wildman–Crippen LogP) is 3.57. The molecule has 1 heterocycles. The molecule has 0 atom stereocenters. The number of rotatable bonds is 2. The van der Waals surface area contributed by atoms with Crippen molar-refractivity contribution >= 4 is 23.4 Å². The lowest BCUT2D eigenvalue weighted by Gasteiger charge is -1.97. The summed E-state index contributed by atoms with van der Waals surface area (Å²) in [5, 5.41) is 15.0. The first-order chi connectivity index (χ1) is 7.31. The Morgan fingerprint density at radius 3 is 3.07 bits per heavy atom. The highest BCUT2D eigenvalue weighted by molar-refractivity contribution is 8.03. The van der Waals surface area contributed by atoms with Gasteiger partial charge in [0, 0.05) is 10.6 Å². The molecule has 2 aromatic rings. The molecule has 1 aromatic carbocycles. The molecular formula is C10H5ClN2OS. The Kier molecular flexibility index (Phi) is 2.95. The predicted molar refractivity (Wildman–Crippen MR) is 58.4 cm³/mol. The summed E-state index contributed by atoms with van der Waals surface area (Å²) in [5.74, 6) is 0. The first-order valence-electron chi connectivity index (χ1n) is 4.07. The Morgan fingerprint density at radius 2 is 2.33 bits per heavy atom. The molecular weight excluding hydrogens is 232 g/mol. The third-order valence-electron chi connectivity index (χ3n) is 1.79. The van der Waals surface area contributed by atoms with Crippen LogP contribution in [0.5, 0.6) is 0 Å². The second-order valence-electron chi connectivity index (χ2n) is 2.73. The molecule has 74 valence electrons. The highest BCUT2D eigenvalue weighted by Crippen LogP contribution is 2.30. The van der Waals surface area contributed by atoms with Crippen LogP contribution in [0.3, 0.4) is 0 Å². The fourth-order valence-corrected chi connectivity index (χ4v) is 1.81. The van der Waals surface area contributed by atoms with Crippen LogP contribution < -0.4 is 0 Å². The molecule has 0 aliphatic carbocycles. The molecule has 0 aliphatic rings. The lowest BCUT2D eigenvalue weighted by atomic mass is 10.2. The highest BCUT2D eigenvalue weighted by Gasteiger charge is 2.10. The second-order valence-corrected chi connectivity index (χ2v) is 3.99. The van der Waals surface area contributed by atoms with Crippen LogP contribution in [0.1, 0.15) is 0 Å². The maximum Gasteiger partial charge on any atom is 0.139 e. The fraction of sp³-hybridized carbons (Fsp3) is 0. The van der Waals surface area contributed by atoms with Crippen LogP contribution in [0.15, 0.2) is 39.9 Å². The van der Waals surface area contributed by atoms with Gasteiger partial charge in [0.25, 0.3) is 0 Å². The molecule has 5 heteroatoms. The van der Waals surface area contributed by atoms with Crippen LogP contribution in [-0.2, 0) is 0 Å². The van der Waals surface area contributed by atoms with Gasteiger partial charge >= 0.3 is 0 Å². The van der Waals surface area contributed by atoms with E-state index in [-0.39, 0.29) is 0 Å². The van der Waals surface area contributed by atoms with Gasteiger partial charge in [-0.1, -0.05) is 28.9 Å². The van der Waals surface area contributed by atoms with Crippen molar-refractivity contribution in [1.29, 1.82) is 5.26 Å². The maximum atomic E-state index is 8.58. The van der Waals surface area contributed by atoms with Gasteiger partial charge in [-0.3, -0.25) is 0 Å². The molecule has 0 spiro atoms. The Morgan fingerprint density at radius 1 is 1.47 bits per heavy atom. The SMILES string of the molecule is N#CSc1conc1-c1cccc(Cl)c1. The number of thioether (sulfide) groups is 1. The van der Waals surface area contributed by atoms with Crippen LogP contribution in [-0.4, -0.2) is 5.16 Å². The van der Waals surface area contributed by atoms with E-state index in [2.05, 4.69) is 5.16 Å². The van der Waals surface area contributed by atoms with E-state index in [0.29, 0.717) is 15.6 Å². The molecule has 0 bridgehead atoms. The molecule has 0 N–H and O–H groups in total. The van der Waals surface area contributed by atoms with Crippen molar-refractivity contribution in [3.8, 4) is 16.7 Å². The Bertz CT molecular complexity index is 518. The highest BCUT2D eigenvalue weighted by atomic mass is 35.5. The maximum absolute atomic E-state index is 8.58. The van der Waals surface area contributed by atoms with E-state index in [0.717, 1.165) is 17.3 Å². The van der Waals surface area contributed by atoms with Gasteiger partial charge in [0.05, 0.1) is 4.90 Å². The molecule has 2 rings (SSSR count). The third-order valence-corrected chi connectivity index (χ3v) is 2.63. The number of halogens is 1. The Balaban J connectivity index is 2.45. The average Bonchev–Trinajstić information content (AvgIpc) is 2.66. The zero-order chi connectivity index (χ0) is 10.7. The van der Waals surface area contributed by atoms with E-state index in [9.17, 15) is 0 Å². The van der Waals surface area contributed by atoms with E-state index in [1.165, 1.54) is 6.26 Å². The van der Waals surface area contributed by atoms with Crippen LogP contribution >= 0.6 is 23.4 Å². The van der Waals surface area contributed by atoms with Gasteiger partial charge in [-0.2, -0.15) is 5.26 Å². The Labute approximate surface area is 95.6 Å². The summed E-state index contributed by atoms with van der Waals surface area (Å²) < 4.78 is 4.83. The molecule has 0 fully saturated rings. The first-order valence-corrected chi connectivity index (χ1v) is 5.27. The van der Waals surface area contributed by atoms with Crippen molar-refractivity contribution in [3.63, 3.8) is 0 Å². The van der Waals surface area contributed by atoms with E-state index in [4.69, 9.17) is 21.4 Å². The minimum absolute atomic E-state index is 0.628.